The zero-order valence-electron chi connectivity index (χ0n) is 34.6. The number of hydrogen-bond donors (Lipinski definition) is 0. The van der Waals surface area contributed by atoms with Crippen LogP contribution in [0.25, 0.3) is 127 Å². The van der Waals surface area contributed by atoms with E-state index in [9.17, 15) is 0 Å². The third kappa shape index (κ3) is 5.05. The lowest BCUT2D eigenvalue weighted by Gasteiger charge is -2.13. The summed E-state index contributed by atoms with van der Waals surface area (Å²) in [7, 11) is 0. The second kappa shape index (κ2) is 13.4. The van der Waals surface area contributed by atoms with Crippen molar-refractivity contribution < 1.29 is 4.42 Å². The highest BCUT2D eigenvalue weighted by atomic mass is 16.3. The van der Waals surface area contributed by atoms with Gasteiger partial charge < -0.3 is 18.1 Å². The maximum absolute atomic E-state index is 7.02. The van der Waals surface area contributed by atoms with Crippen LogP contribution in [0.4, 0.5) is 0 Å². The van der Waals surface area contributed by atoms with Gasteiger partial charge in [0.25, 0.3) is 0 Å². The molecule has 14 aromatic rings. The molecule has 4 heteroatoms. The maximum Gasteiger partial charge on any atom is 0.159 e. The first-order valence-corrected chi connectivity index (χ1v) is 21.9. The van der Waals surface area contributed by atoms with E-state index in [1.807, 2.05) is 0 Å². The maximum atomic E-state index is 7.02. The van der Waals surface area contributed by atoms with Crippen molar-refractivity contribution in [1.29, 1.82) is 0 Å². The summed E-state index contributed by atoms with van der Waals surface area (Å²) in [5.74, 6) is 0. The molecule has 4 heterocycles. The molecule has 0 unspecified atom stereocenters. The molecule has 0 N–H and O–H groups in total. The number of furan rings is 1. The first kappa shape index (κ1) is 35.0. The number of nitrogens with zero attached hydrogens (tertiary/aromatic N) is 3. The monoisotopic (exact) mass is 815 g/mol. The van der Waals surface area contributed by atoms with E-state index in [4.69, 9.17) is 4.42 Å². The number of aromatic nitrogens is 3. The van der Waals surface area contributed by atoms with Crippen LogP contribution in [0.15, 0.2) is 229 Å². The van der Waals surface area contributed by atoms with Crippen molar-refractivity contribution in [2.45, 2.75) is 0 Å². The summed E-state index contributed by atoms with van der Waals surface area (Å²) >= 11 is 0. The van der Waals surface area contributed by atoms with Gasteiger partial charge in [-0.3, -0.25) is 0 Å². The third-order valence-electron chi connectivity index (χ3n) is 13.4. The Bertz CT molecular complexity index is 4090. The van der Waals surface area contributed by atoms with E-state index >= 15 is 0 Å². The minimum absolute atomic E-state index is 0.860. The van der Waals surface area contributed by atoms with E-state index in [0.717, 1.165) is 72.3 Å². The third-order valence-corrected chi connectivity index (χ3v) is 13.4. The van der Waals surface area contributed by atoms with Gasteiger partial charge in [-0.2, -0.15) is 0 Å². The predicted octanol–water partition coefficient (Wildman–Crippen LogP) is 16.2. The van der Waals surface area contributed by atoms with E-state index in [-0.39, 0.29) is 0 Å². The fourth-order valence-corrected chi connectivity index (χ4v) is 10.6. The van der Waals surface area contributed by atoms with Crippen LogP contribution in [-0.4, -0.2) is 13.7 Å². The Hall–Kier alpha value is -8.60. The average molecular weight is 816 g/mol. The molecular formula is C60H37N3O. The Labute approximate surface area is 367 Å². The van der Waals surface area contributed by atoms with Gasteiger partial charge in [-0.05, 0) is 113 Å². The number of para-hydroxylation sites is 6. The molecule has 0 radical (unpaired) electrons. The van der Waals surface area contributed by atoms with Gasteiger partial charge in [0.15, 0.2) is 5.58 Å². The first-order valence-electron chi connectivity index (χ1n) is 21.9. The molecule has 0 fully saturated rings. The fourth-order valence-electron chi connectivity index (χ4n) is 10.6. The van der Waals surface area contributed by atoms with Gasteiger partial charge in [-0.25, -0.2) is 0 Å². The molecule has 64 heavy (non-hydrogen) atoms. The lowest BCUT2D eigenvalue weighted by atomic mass is 9.98. The van der Waals surface area contributed by atoms with Gasteiger partial charge in [0.1, 0.15) is 5.58 Å². The number of hydrogen-bond acceptors (Lipinski definition) is 1. The summed E-state index contributed by atoms with van der Waals surface area (Å²) in [6.07, 6.45) is 0. The van der Waals surface area contributed by atoms with Crippen LogP contribution in [0.5, 0.6) is 0 Å². The number of fused-ring (bicyclic) bond motifs is 12. The smallest absolute Gasteiger partial charge is 0.159 e. The van der Waals surface area contributed by atoms with E-state index in [0.29, 0.717) is 0 Å². The van der Waals surface area contributed by atoms with Crippen LogP contribution in [-0.2, 0) is 0 Å². The zero-order valence-corrected chi connectivity index (χ0v) is 34.6. The molecule has 0 spiro atoms. The lowest BCUT2D eigenvalue weighted by Crippen LogP contribution is -1.96. The molecule has 0 atom stereocenters. The van der Waals surface area contributed by atoms with Crippen molar-refractivity contribution >= 4 is 87.4 Å². The van der Waals surface area contributed by atoms with E-state index in [2.05, 4.69) is 238 Å². The van der Waals surface area contributed by atoms with Gasteiger partial charge >= 0.3 is 0 Å². The van der Waals surface area contributed by atoms with Gasteiger partial charge in [0.05, 0.1) is 38.8 Å². The van der Waals surface area contributed by atoms with Crippen LogP contribution in [0.3, 0.4) is 0 Å². The summed E-state index contributed by atoms with van der Waals surface area (Å²) in [5.41, 5.74) is 16.6. The molecule has 0 saturated heterocycles. The molecule has 0 aliphatic carbocycles. The fraction of sp³-hybridized carbons (Fsp3) is 0. The molecular weight excluding hydrogens is 779 g/mol. The quantitative estimate of drug-likeness (QED) is 0.170. The van der Waals surface area contributed by atoms with Crippen molar-refractivity contribution in [3.05, 3.63) is 224 Å². The highest BCUT2D eigenvalue weighted by Gasteiger charge is 2.21. The minimum Gasteiger partial charge on any atom is -0.454 e. The van der Waals surface area contributed by atoms with Crippen molar-refractivity contribution in [3.63, 3.8) is 0 Å². The Morgan fingerprint density at radius 3 is 1.30 bits per heavy atom. The zero-order chi connectivity index (χ0) is 41.9. The Morgan fingerprint density at radius 1 is 0.250 bits per heavy atom. The molecule has 14 rings (SSSR count). The summed E-state index contributed by atoms with van der Waals surface area (Å²) in [5, 5.41) is 9.56. The molecule has 0 aliphatic heterocycles. The van der Waals surface area contributed by atoms with E-state index in [1.54, 1.807) is 0 Å². The SMILES string of the molecule is c1ccc(-n2c3ccccc3c3cc(-c4ccc5oc6c(-n7c8ccccc8c8ccccc87)cc(-c7cccc(-n8c9ccccc9c9ccccc98)c7)cc6c5c4)ccc32)cc1. The summed E-state index contributed by atoms with van der Waals surface area (Å²) < 4.78 is 14.2. The second-order valence-corrected chi connectivity index (χ2v) is 16.9. The van der Waals surface area contributed by atoms with Crippen LogP contribution in [0, 0.1) is 0 Å². The van der Waals surface area contributed by atoms with Gasteiger partial charge in [-0.1, -0.05) is 133 Å². The van der Waals surface area contributed by atoms with Gasteiger partial charge in [-0.15, -0.1) is 0 Å². The van der Waals surface area contributed by atoms with Crippen molar-refractivity contribution in [3.8, 4) is 39.3 Å². The molecule has 10 aromatic carbocycles. The summed E-state index contributed by atoms with van der Waals surface area (Å²) in [6.45, 7) is 0. The molecule has 298 valence electrons. The number of benzene rings is 10. The highest BCUT2D eigenvalue weighted by molar-refractivity contribution is 6.15. The minimum atomic E-state index is 0.860. The normalized spacial score (nSPS) is 12.1. The van der Waals surface area contributed by atoms with Gasteiger partial charge in [0.2, 0.25) is 0 Å². The molecule has 0 bridgehead atoms. The molecule has 4 aromatic heterocycles. The standard InChI is InChI=1S/C60H37N3O/c1-2-16-42(17-3-1)61-54-26-11-8-23-48(54)49-34-39(29-31-57(49)61)40-30-32-59-50(35-40)51-36-41(37-58(60(51)64-59)63-55-27-12-6-21-46(55)47-22-7-13-28-56(47)63)38-15-14-18-43(33-38)62-52-24-9-4-19-44(52)45-20-5-10-25-53(45)62/h1-37H. The summed E-state index contributed by atoms with van der Waals surface area (Å²) in [6, 6.07) is 81.5. The summed E-state index contributed by atoms with van der Waals surface area (Å²) in [4.78, 5) is 0. The Balaban J connectivity index is 1.01. The molecule has 4 nitrogen and oxygen atoms in total. The number of rotatable bonds is 5. The van der Waals surface area contributed by atoms with Crippen LogP contribution in [0.2, 0.25) is 0 Å². The van der Waals surface area contributed by atoms with Crippen molar-refractivity contribution in [1.82, 2.24) is 13.7 Å². The Kier molecular flexibility index (Phi) is 7.36. The first-order chi connectivity index (χ1) is 31.7. The molecule has 0 amide bonds. The predicted molar refractivity (Wildman–Crippen MR) is 268 cm³/mol. The lowest BCUT2D eigenvalue weighted by molar-refractivity contribution is 0.666. The largest absolute Gasteiger partial charge is 0.454 e. The topological polar surface area (TPSA) is 27.9 Å². The van der Waals surface area contributed by atoms with Crippen molar-refractivity contribution in [2.24, 2.45) is 0 Å². The highest BCUT2D eigenvalue weighted by Crippen LogP contribution is 2.43. The van der Waals surface area contributed by atoms with Crippen molar-refractivity contribution in [2.75, 3.05) is 0 Å². The Morgan fingerprint density at radius 2 is 0.688 bits per heavy atom. The van der Waals surface area contributed by atoms with E-state index < -0.39 is 0 Å². The van der Waals surface area contributed by atoms with Crippen LogP contribution < -0.4 is 0 Å². The van der Waals surface area contributed by atoms with E-state index in [1.165, 1.54) is 54.4 Å². The van der Waals surface area contributed by atoms with Crippen LogP contribution in [0.1, 0.15) is 0 Å². The molecule has 0 aliphatic rings. The van der Waals surface area contributed by atoms with Gasteiger partial charge in [0, 0.05) is 54.5 Å². The molecule has 0 saturated carbocycles. The van der Waals surface area contributed by atoms with Crippen LogP contribution >= 0.6 is 0 Å². The average Bonchev–Trinajstić information content (AvgIpc) is 4.10. The second-order valence-electron chi connectivity index (χ2n) is 16.9.